The van der Waals surface area contributed by atoms with Gasteiger partial charge in [0, 0.05) is 12.5 Å². The van der Waals surface area contributed by atoms with Crippen molar-refractivity contribution in [2.75, 3.05) is 0 Å². The Morgan fingerprint density at radius 3 is 2.59 bits per heavy atom. The van der Waals surface area contributed by atoms with Crippen LogP contribution in [-0.4, -0.2) is 32.0 Å². The van der Waals surface area contributed by atoms with Crippen LogP contribution in [-0.2, 0) is 12.1 Å². The van der Waals surface area contributed by atoms with Gasteiger partial charge < -0.3 is 20.1 Å². The molecule has 11 heteroatoms. The first-order chi connectivity index (χ1) is 13.4. The van der Waals surface area contributed by atoms with Crippen molar-refractivity contribution in [1.29, 1.82) is 0 Å². The zero-order chi connectivity index (χ0) is 21.6. The lowest BCUT2D eigenvalue weighted by atomic mass is 9.92. The summed E-state index contributed by atoms with van der Waals surface area (Å²) in [6, 6.07) is 2.55. The van der Waals surface area contributed by atoms with Gasteiger partial charge in [-0.25, -0.2) is 18.6 Å². The molecule has 2 aromatic rings. The van der Waals surface area contributed by atoms with Crippen LogP contribution in [0.15, 0.2) is 24.4 Å². The molecule has 3 rings (SSSR count). The minimum atomic E-state index is -5.04. The molecule has 3 N–H and O–H groups in total. The highest BCUT2D eigenvalue weighted by molar-refractivity contribution is 5.65. The molecule has 0 spiro atoms. The summed E-state index contributed by atoms with van der Waals surface area (Å²) in [6.45, 7) is 0.314. The molecule has 0 saturated heterocycles. The van der Waals surface area contributed by atoms with Gasteiger partial charge in [-0.2, -0.15) is 13.2 Å². The number of nitrogens with zero attached hydrogens (tertiary/aromatic N) is 2. The summed E-state index contributed by atoms with van der Waals surface area (Å²) in [5.74, 6) is -3.01. The Kier molecular flexibility index (Phi) is 5.28. The molecule has 0 saturated carbocycles. The van der Waals surface area contributed by atoms with Gasteiger partial charge in [-0.05, 0) is 31.4 Å². The SMILES string of the molecule is CC(O)(c1cnc2n1C[C@H](c1cccc(F)c1F)CC[C@H]2NC(=O)O)C(F)(F)F. The quantitative estimate of drug-likeness (QED) is 0.661. The Hall–Kier alpha value is -2.69. The summed E-state index contributed by atoms with van der Waals surface area (Å²) in [6.07, 6.45) is -5.38. The van der Waals surface area contributed by atoms with Gasteiger partial charge in [-0.3, -0.25) is 0 Å². The predicted octanol–water partition coefficient (Wildman–Crippen LogP) is 3.82. The fourth-order valence-corrected chi connectivity index (χ4v) is 3.58. The summed E-state index contributed by atoms with van der Waals surface area (Å²) < 4.78 is 69.2. The zero-order valence-electron chi connectivity index (χ0n) is 15.2. The van der Waals surface area contributed by atoms with Crippen LogP contribution in [0.2, 0.25) is 0 Å². The topological polar surface area (TPSA) is 87.4 Å². The van der Waals surface area contributed by atoms with Crippen molar-refractivity contribution in [3.63, 3.8) is 0 Å². The van der Waals surface area contributed by atoms with E-state index in [-0.39, 0.29) is 30.8 Å². The molecule has 0 radical (unpaired) electrons. The van der Waals surface area contributed by atoms with E-state index in [1.165, 1.54) is 12.1 Å². The Morgan fingerprint density at radius 1 is 1.28 bits per heavy atom. The summed E-state index contributed by atoms with van der Waals surface area (Å²) in [7, 11) is 0. The number of alkyl halides is 3. The van der Waals surface area contributed by atoms with Gasteiger partial charge >= 0.3 is 12.3 Å². The fourth-order valence-electron chi connectivity index (χ4n) is 3.58. The minimum Gasteiger partial charge on any atom is -0.465 e. The van der Waals surface area contributed by atoms with Crippen molar-refractivity contribution in [1.82, 2.24) is 14.9 Å². The molecular weight excluding hydrogens is 401 g/mol. The Bertz CT molecular complexity index is 926. The van der Waals surface area contributed by atoms with E-state index in [2.05, 4.69) is 10.3 Å². The molecule has 1 aliphatic heterocycles. The maximum absolute atomic E-state index is 14.3. The molecule has 1 aromatic carbocycles. The van der Waals surface area contributed by atoms with Crippen LogP contribution in [0, 0.1) is 11.6 Å². The van der Waals surface area contributed by atoms with Crippen molar-refractivity contribution in [3.8, 4) is 0 Å². The molecule has 29 heavy (non-hydrogen) atoms. The van der Waals surface area contributed by atoms with Crippen LogP contribution in [0.25, 0.3) is 0 Å². The van der Waals surface area contributed by atoms with E-state index in [9.17, 15) is 31.9 Å². The Morgan fingerprint density at radius 2 is 1.97 bits per heavy atom. The molecule has 0 bridgehead atoms. The number of aliphatic hydroxyl groups is 1. The number of fused-ring (bicyclic) bond motifs is 1. The third-order valence-corrected chi connectivity index (χ3v) is 5.17. The van der Waals surface area contributed by atoms with E-state index in [1.807, 2.05) is 0 Å². The van der Waals surface area contributed by atoms with Crippen LogP contribution in [0.5, 0.6) is 0 Å². The lowest BCUT2D eigenvalue weighted by Gasteiger charge is -2.28. The lowest BCUT2D eigenvalue weighted by Crippen LogP contribution is -2.41. The average molecular weight is 419 g/mol. The van der Waals surface area contributed by atoms with Gasteiger partial charge in [0.2, 0.25) is 0 Å². The first-order valence-electron chi connectivity index (χ1n) is 8.71. The second-order valence-corrected chi connectivity index (χ2v) is 7.10. The molecule has 1 amide bonds. The zero-order valence-corrected chi connectivity index (χ0v) is 15.2. The Balaban J connectivity index is 2.12. The van der Waals surface area contributed by atoms with Crippen molar-refractivity contribution in [2.24, 2.45) is 0 Å². The summed E-state index contributed by atoms with van der Waals surface area (Å²) in [4.78, 5) is 15.0. The van der Waals surface area contributed by atoms with Crippen molar-refractivity contribution >= 4 is 6.09 Å². The molecular formula is C18H18F5N3O3. The number of halogens is 5. The number of hydrogen-bond acceptors (Lipinski definition) is 3. The maximum Gasteiger partial charge on any atom is 0.422 e. The Labute approximate surface area is 162 Å². The van der Waals surface area contributed by atoms with Gasteiger partial charge in [0.05, 0.1) is 17.9 Å². The van der Waals surface area contributed by atoms with E-state index < -0.39 is 47.2 Å². The van der Waals surface area contributed by atoms with Crippen molar-refractivity contribution in [2.45, 2.75) is 50.0 Å². The van der Waals surface area contributed by atoms with E-state index in [4.69, 9.17) is 5.11 Å². The number of nitrogens with one attached hydrogen (secondary N) is 1. The lowest BCUT2D eigenvalue weighted by molar-refractivity contribution is -0.261. The summed E-state index contributed by atoms with van der Waals surface area (Å²) in [5.41, 5.74) is -3.93. The first kappa shape index (κ1) is 21.0. The second kappa shape index (κ2) is 7.29. The van der Waals surface area contributed by atoms with Crippen molar-refractivity contribution < 1.29 is 37.0 Å². The van der Waals surface area contributed by atoms with Gasteiger partial charge in [0.25, 0.3) is 0 Å². The van der Waals surface area contributed by atoms with E-state index >= 15 is 0 Å². The molecule has 0 fully saturated rings. The second-order valence-electron chi connectivity index (χ2n) is 7.10. The van der Waals surface area contributed by atoms with Crippen LogP contribution in [0.1, 0.15) is 48.8 Å². The first-order valence-corrected chi connectivity index (χ1v) is 8.71. The highest BCUT2D eigenvalue weighted by atomic mass is 19.4. The van der Waals surface area contributed by atoms with E-state index in [1.54, 1.807) is 0 Å². The van der Waals surface area contributed by atoms with Crippen LogP contribution >= 0.6 is 0 Å². The monoisotopic (exact) mass is 419 g/mol. The predicted molar refractivity (Wildman–Crippen MR) is 90.1 cm³/mol. The van der Waals surface area contributed by atoms with Gasteiger partial charge in [0.1, 0.15) is 5.82 Å². The molecule has 0 aliphatic carbocycles. The average Bonchev–Trinajstić information content (AvgIpc) is 2.95. The number of hydrogen-bond donors (Lipinski definition) is 3. The number of carboxylic acid groups (broad SMARTS) is 1. The standard InChI is InChI=1S/C18H18F5N3O3/c1-17(29,18(21,22)23)13-7-24-15-12(25-16(27)28)6-5-9(8-26(13)15)10-3-2-4-11(19)14(10)20/h2-4,7,9,12,25,29H,5-6,8H2,1H3,(H,27,28)/t9-,12-,17?/m1/s1. The minimum absolute atomic E-state index is 0.0359. The van der Waals surface area contributed by atoms with Crippen LogP contribution < -0.4 is 5.32 Å². The molecule has 6 nitrogen and oxygen atoms in total. The third kappa shape index (κ3) is 3.78. The fraction of sp³-hybridized carbons (Fsp3) is 0.444. The highest BCUT2D eigenvalue weighted by Gasteiger charge is 2.53. The number of amides is 1. The number of aromatic nitrogens is 2. The van der Waals surface area contributed by atoms with Gasteiger partial charge in [-0.15, -0.1) is 0 Å². The van der Waals surface area contributed by atoms with Crippen molar-refractivity contribution in [3.05, 3.63) is 53.1 Å². The number of benzene rings is 1. The van der Waals surface area contributed by atoms with Gasteiger partial charge in [0.15, 0.2) is 17.2 Å². The molecule has 1 unspecified atom stereocenters. The molecule has 1 aliphatic rings. The smallest absolute Gasteiger partial charge is 0.422 e. The normalized spacial score (nSPS) is 21.8. The number of carbonyl (C=O) groups is 1. The maximum atomic E-state index is 14.3. The van der Waals surface area contributed by atoms with Crippen LogP contribution in [0.3, 0.4) is 0 Å². The molecule has 3 atom stereocenters. The summed E-state index contributed by atoms with van der Waals surface area (Å²) in [5, 5.41) is 21.4. The molecule has 158 valence electrons. The summed E-state index contributed by atoms with van der Waals surface area (Å²) >= 11 is 0. The number of rotatable bonds is 3. The highest BCUT2D eigenvalue weighted by Crippen LogP contribution is 2.42. The third-order valence-electron chi connectivity index (χ3n) is 5.17. The molecule has 1 aromatic heterocycles. The van der Waals surface area contributed by atoms with Gasteiger partial charge in [-0.1, -0.05) is 12.1 Å². The van der Waals surface area contributed by atoms with E-state index in [0.717, 1.165) is 16.8 Å². The van der Waals surface area contributed by atoms with E-state index in [0.29, 0.717) is 6.92 Å². The number of imidazole rings is 1. The van der Waals surface area contributed by atoms with Crippen LogP contribution in [0.4, 0.5) is 26.7 Å². The largest absolute Gasteiger partial charge is 0.465 e. The molecule has 2 heterocycles.